The van der Waals surface area contributed by atoms with Crippen molar-refractivity contribution in [2.24, 2.45) is 4.99 Å². The molecule has 0 N–H and O–H groups in total. The second-order valence-electron chi connectivity index (χ2n) is 2.96. The van der Waals surface area contributed by atoms with Gasteiger partial charge < -0.3 is 9.64 Å². The number of benzene rings is 1. The molecule has 0 atom stereocenters. The first-order valence-corrected chi connectivity index (χ1v) is 4.20. The highest BCUT2D eigenvalue weighted by Gasteiger charge is 2.05. The van der Waals surface area contributed by atoms with Crippen LogP contribution in [0.15, 0.2) is 29.3 Å². The molecule has 0 radical (unpaired) electrons. The van der Waals surface area contributed by atoms with Crippen LogP contribution in [-0.2, 0) is 4.79 Å². The predicted octanol–water partition coefficient (Wildman–Crippen LogP) is 1.71. The molecule has 0 bridgehead atoms. The van der Waals surface area contributed by atoms with Gasteiger partial charge in [-0.3, -0.25) is 0 Å². The van der Waals surface area contributed by atoms with Gasteiger partial charge in [0, 0.05) is 14.1 Å². The van der Waals surface area contributed by atoms with Gasteiger partial charge >= 0.3 is 6.09 Å². The third-order valence-electron chi connectivity index (χ3n) is 1.58. The van der Waals surface area contributed by atoms with Gasteiger partial charge in [0.1, 0.15) is 5.75 Å². The Labute approximate surface area is 87.0 Å². The zero-order valence-corrected chi connectivity index (χ0v) is 8.43. The number of amides is 1. The van der Waals surface area contributed by atoms with E-state index in [1.165, 1.54) is 11.0 Å². The van der Waals surface area contributed by atoms with Crippen LogP contribution >= 0.6 is 0 Å². The fourth-order valence-corrected chi connectivity index (χ4v) is 0.834. The molecule has 0 saturated heterocycles. The van der Waals surface area contributed by atoms with E-state index in [-0.39, 0.29) is 0 Å². The summed E-state index contributed by atoms with van der Waals surface area (Å²) in [6.07, 6.45) is 0.965. The van der Waals surface area contributed by atoms with Gasteiger partial charge in [0.05, 0.1) is 5.69 Å². The van der Waals surface area contributed by atoms with Crippen molar-refractivity contribution in [2.45, 2.75) is 0 Å². The molecule has 0 spiro atoms. The van der Waals surface area contributed by atoms with Crippen molar-refractivity contribution in [3.63, 3.8) is 0 Å². The first-order valence-electron chi connectivity index (χ1n) is 4.20. The summed E-state index contributed by atoms with van der Waals surface area (Å²) in [5, 5.41) is 0. The van der Waals surface area contributed by atoms with Crippen LogP contribution in [-0.4, -0.2) is 31.2 Å². The molecule has 5 nitrogen and oxygen atoms in total. The van der Waals surface area contributed by atoms with E-state index < -0.39 is 6.09 Å². The molecule has 0 aliphatic rings. The van der Waals surface area contributed by atoms with E-state index in [1.807, 2.05) is 0 Å². The van der Waals surface area contributed by atoms with Crippen molar-refractivity contribution < 1.29 is 14.3 Å². The van der Waals surface area contributed by atoms with E-state index in [9.17, 15) is 9.59 Å². The van der Waals surface area contributed by atoms with Crippen LogP contribution in [0.5, 0.6) is 5.75 Å². The standard InChI is InChI=1S/C10H10N2O3/c1-12(2)10(14)15-9-5-3-8(4-6-9)11-7-13/h3-6H,1-2H3. The number of rotatable bonds is 2. The molecular formula is C10H10N2O3. The molecule has 0 aromatic heterocycles. The Bertz CT molecular complexity index is 392. The fourth-order valence-electron chi connectivity index (χ4n) is 0.834. The Morgan fingerprint density at radius 2 is 1.93 bits per heavy atom. The SMILES string of the molecule is CN(C)C(=O)Oc1ccc(N=C=O)cc1. The number of carbonyl (C=O) groups is 1. The summed E-state index contributed by atoms with van der Waals surface area (Å²) in [5.74, 6) is 0.401. The summed E-state index contributed by atoms with van der Waals surface area (Å²) >= 11 is 0. The molecule has 1 aromatic rings. The molecule has 0 heterocycles. The van der Waals surface area contributed by atoms with Crippen molar-refractivity contribution in [3.8, 4) is 5.75 Å². The van der Waals surface area contributed by atoms with Gasteiger partial charge in [0.25, 0.3) is 0 Å². The molecule has 0 aliphatic carbocycles. The molecule has 5 heteroatoms. The largest absolute Gasteiger partial charge is 0.414 e. The van der Waals surface area contributed by atoms with Gasteiger partial charge in [0.2, 0.25) is 6.08 Å². The maximum atomic E-state index is 11.1. The average molecular weight is 206 g/mol. The summed E-state index contributed by atoms with van der Waals surface area (Å²) in [6.45, 7) is 0. The molecule has 15 heavy (non-hydrogen) atoms. The Balaban J connectivity index is 2.72. The van der Waals surface area contributed by atoms with Crippen LogP contribution in [0.3, 0.4) is 0 Å². The summed E-state index contributed by atoms with van der Waals surface area (Å²) < 4.78 is 4.96. The van der Waals surface area contributed by atoms with Gasteiger partial charge in [-0.2, -0.15) is 4.99 Å². The Morgan fingerprint density at radius 1 is 1.33 bits per heavy atom. The molecule has 1 rings (SSSR count). The zero-order chi connectivity index (χ0) is 11.3. The summed E-state index contributed by atoms with van der Waals surface area (Å²) in [7, 11) is 3.18. The van der Waals surface area contributed by atoms with Gasteiger partial charge in [-0.1, -0.05) is 0 Å². The van der Waals surface area contributed by atoms with Gasteiger partial charge in [-0.25, -0.2) is 9.59 Å². The lowest BCUT2D eigenvalue weighted by Gasteiger charge is -2.10. The minimum atomic E-state index is -0.457. The minimum Gasteiger partial charge on any atom is -0.410 e. The van der Waals surface area contributed by atoms with E-state index in [4.69, 9.17) is 4.74 Å². The highest BCUT2D eigenvalue weighted by molar-refractivity contribution is 5.70. The van der Waals surface area contributed by atoms with Crippen LogP contribution in [0.25, 0.3) is 0 Å². The quantitative estimate of drug-likeness (QED) is 0.546. The Morgan fingerprint density at radius 3 is 2.40 bits per heavy atom. The average Bonchev–Trinajstić information content (AvgIpc) is 2.21. The fraction of sp³-hybridized carbons (Fsp3) is 0.200. The number of ether oxygens (including phenoxy) is 1. The Kier molecular flexibility index (Phi) is 3.60. The third kappa shape index (κ3) is 3.25. The van der Waals surface area contributed by atoms with E-state index in [0.29, 0.717) is 11.4 Å². The molecule has 0 fully saturated rings. The lowest BCUT2D eigenvalue weighted by Crippen LogP contribution is -2.25. The first kappa shape index (κ1) is 10.9. The molecular weight excluding hydrogens is 196 g/mol. The van der Waals surface area contributed by atoms with Crippen molar-refractivity contribution in [1.82, 2.24) is 4.90 Å². The zero-order valence-electron chi connectivity index (χ0n) is 8.43. The van der Waals surface area contributed by atoms with E-state index >= 15 is 0 Å². The maximum absolute atomic E-state index is 11.1. The van der Waals surface area contributed by atoms with E-state index in [0.717, 1.165) is 0 Å². The van der Waals surface area contributed by atoms with Crippen molar-refractivity contribution in [1.29, 1.82) is 0 Å². The highest BCUT2D eigenvalue weighted by atomic mass is 16.6. The highest BCUT2D eigenvalue weighted by Crippen LogP contribution is 2.17. The van der Waals surface area contributed by atoms with Crippen LogP contribution < -0.4 is 4.74 Å². The van der Waals surface area contributed by atoms with Crippen molar-refractivity contribution >= 4 is 17.9 Å². The Hall–Kier alpha value is -2.13. The number of carbonyl (C=O) groups excluding carboxylic acids is 2. The molecule has 1 aromatic carbocycles. The molecule has 1 amide bonds. The number of hydrogen-bond acceptors (Lipinski definition) is 4. The van der Waals surface area contributed by atoms with E-state index in [1.54, 1.807) is 38.4 Å². The smallest absolute Gasteiger partial charge is 0.410 e. The van der Waals surface area contributed by atoms with Gasteiger partial charge in [-0.15, -0.1) is 0 Å². The maximum Gasteiger partial charge on any atom is 0.414 e. The lowest BCUT2D eigenvalue weighted by atomic mass is 10.3. The first-order chi connectivity index (χ1) is 7.13. The predicted molar refractivity (Wildman–Crippen MR) is 53.9 cm³/mol. The van der Waals surface area contributed by atoms with Crippen LogP contribution in [0.4, 0.5) is 10.5 Å². The summed E-state index contributed by atoms with van der Waals surface area (Å²) in [4.78, 5) is 25.8. The normalized spacial score (nSPS) is 8.93. The molecule has 0 unspecified atom stereocenters. The number of nitrogens with zero attached hydrogens (tertiary/aromatic N) is 2. The minimum absolute atomic E-state index is 0.401. The second-order valence-corrected chi connectivity index (χ2v) is 2.96. The van der Waals surface area contributed by atoms with Crippen LogP contribution in [0.1, 0.15) is 0 Å². The monoisotopic (exact) mass is 206 g/mol. The van der Waals surface area contributed by atoms with Gasteiger partial charge in [0.15, 0.2) is 0 Å². The third-order valence-corrected chi connectivity index (χ3v) is 1.58. The number of aliphatic imine (C=N–C) groups is 1. The lowest BCUT2D eigenvalue weighted by molar-refractivity contribution is 0.172. The van der Waals surface area contributed by atoms with Crippen molar-refractivity contribution in [2.75, 3.05) is 14.1 Å². The van der Waals surface area contributed by atoms with Crippen LogP contribution in [0.2, 0.25) is 0 Å². The number of isocyanates is 1. The number of hydrogen-bond donors (Lipinski definition) is 0. The van der Waals surface area contributed by atoms with Gasteiger partial charge in [-0.05, 0) is 24.3 Å². The van der Waals surface area contributed by atoms with E-state index in [2.05, 4.69) is 4.99 Å². The second kappa shape index (κ2) is 4.93. The summed E-state index contributed by atoms with van der Waals surface area (Å²) in [6, 6.07) is 6.22. The van der Waals surface area contributed by atoms with Crippen LogP contribution in [0, 0.1) is 0 Å². The summed E-state index contributed by atoms with van der Waals surface area (Å²) in [5.41, 5.74) is 0.467. The van der Waals surface area contributed by atoms with Crippen molar-refractivity contribution in [3.05, 3.63) is 24.3 Å². The topological polar surface area (TPSA) is 59.0 Å². The molecule has 0 saturated carbocycles. The molecule has 78 valence electrons. The molecule has 0 aliphatic heterocycles.